The van der Waals surface area contributed by atoms with Crippen molar-refractivity contribution in [3.8, 4) is 0 Å². The summed E-state index contributed by atoms with van der Waals surface area (Å²) in [6.45, 7) is 0.865. The van der Waals surface area contributed by atoms with Crippen molar-refractivity contribution in [2.75, 3.05) is 6.61 Å². The number of hydrogen-bond acceptors (Lipinski definition) is 1. The molecule has 0 aromatic heterocycles. The van der Waals surface area contributed by atoms with Crippen LogP contribution in [0.1, 0.15) is 32.1 Å². The third-order valence-electron chi connectivity index (χ3n) is 2.99. The van der Waals surface area contributed by atoms with Crippen LogP contribution in [0, 0.1) is 5.92 Å². The summed E-state index contributed by atoms with van der Waals surface area (Å²) in [6, 6.07) is 0. The third-order valence-corrected chi connectivity index (χ3v) is 3.22. The van der Waals surface area contributed by atoms with E-state index in [0.717, 1.165) is 29.7 Å². The fourth-order valence-electron chi connectivity index (χ4n) is 2.11. The van der Waals surface area contributed by atoms with Crippen LogP contribution in [0.15, 0.2) is 35.1 Å². The maximum Gasteiger partial charge on any atom is 0.101 e. The molecule has 1 nitrogen and oxygen atoms in total. The van der Waals surface area contributed by atoms with Crippen LogP contribution in [0.2, 0.25) is 0 Å². The van der Waals surface area contributed by atoms with Crippen LogP contribution in [-0.4, -0.2) is 6.61 Å². The van der Waals surface area contributed by atoms with Gasteiger partial charge in [0.25, 0.3) is 0 Å². The van der Waals surface area contributed by atoms with Gasteiger partial charge < -0.3 is 4.74 Å². The molecule has 0 aromatic rings. The van der Waals surface area contributed by atoms with Gasteiger partial charge in [-0.05, 0) is 30.9 Å². The van der Waals surface area contributed by atoms with Crippen molar-refractivity contribution in [1.29, 1.82) is 0 Å². The molecule has 0 spiro atoms. The molecule has 0 unspecified atom stereocenters. The average molecular weight is 225 g/mol. The summed E-state index contributed by atoms with van der Waals surface area (Å²) in [5.41, 5.74) is 0. The standard InChI is InChI=1S/C13H17ClO/c14-12-7-3-4-8-13(9-12)15-10-11-5-1-2-6-11/h3-4,7,9,11H,1-2,5-6,8,10H2. The highest BCUT2D eigenvalue weighted by Crippen LogP contribution is 2.26. The Balaban J connectivity index is 1.83. The molecule has 2 aliphatic carbocycles. The van der Waals surface area contributed by atoms with Crippen LogP contribution in [0.5, 0.6) is 0 Å². The number of rotatable bonds is 3. The SMILES string of the molecule is ClC1=CC=CCC(OCC2CCCC2)=C1. The van der Waals surface area contributed by atoms with Crippen molar-refractivity contribution in [3.63, 3.8) is 0 Å². The molecule has 0 bridgehead atoms. The summed E-state index contributed by atoms with van der Waals surface area (Å²) in [4.78, 5) is 0. The fraction of sp³-hybridized carbons (Fsp3) is 0.538. The lowest BCUT2D eigenvalue weighted by Crippen LogP contribution is -2.05. The molecule has 0 N–H and O–H groups in total. The first-order valence-corrected chi connectivity index (χ1v) is 6.08. The first-order chi connectivity index (χ1) is 7.34. The van der Waals surface area contributed by atoms with Gasteiger partial charge in [-0.3, -0.25) is 0 Å². The average Bonchev–Trinajstić information content (AvgIpc) is 2.65. The highest BCUT2D eigenvalue weighted by molar-refractivity contribution is 6.31. The van der Waals surface area contributed by atoms with Crippen molar-refractivity contribution >= 4 is 11.6 Å². The van der Waals surface area contributed by atoms with E-state index >= 15 is 0 Å². The summed E-state index contributed by atoms with van der Waals surface area (Å²) in [7, 11) is 0. The molecule has 0 amide bonds. The minimum absolute atomic E-state index is 0.755. The second-order valence-corrected chi connectivity index (χ2v) is 4.69. The first kappa shape index (κ1) is 10.8. The van der Waals surface area contributed by atoms with Crippen LogP contribution >= 0.6 is 11.6 Å². The molecule has 1 saturated carbocycles. The summed E-state index contributed by atoms with van der Waals surface area (Å²) >= 11 is 5.96. The highest BCUT2D eigenvalue weighted by Gasteiger charge is 2.15. The normalized spacial score (nSPS) is 22.2. The van der Waals surface area contributed by atoms with Crippen molar-refractivity contribution in [2.45, 2.75) is 32.1 Å². The van der Waals surface area contributed by atoms with E-state index < -0.39 is 0 Å². The van der Waals surface area contributed by atoms with Crippen molar-refractivity contribution in [3.05, 3.63) is 35.1 Å². The quantitative estimate of drug-likeness (QED) is 0.700. The molecule has 1 fully saturated rings. The van der Waals surface area contributed by atoms with Crippen molar-refractivity contribution in [1.82, 2.24) is 0 Å². The van der Waals surface area contributed by atoms with Gasteiger partial charge >= 0.3 is 0 Å². The van der Waals surface area contributed by atoms with Gasteiger partial charge in [0.15, 0.2) is 0 Å². The summed E-state index contributed by atoms with van der Waals surface area (Å²) in [5.74, 6) is 1.76. The number of halogens is 1. The van der Waals surface area contributed by atoms with Gasteiger partial charge in [0.05, 0.1) is 6.61 Å². The lowest BCUT2D eigenvalue weighted by molar-refractivity contribution is 0.163. The van der Waals surface area contributed by atoms with Gasteiger partial charge in [-0.25, -0.2) is 0 Å². The van der Waals surface area contributed by atoms with E-state index in [2.05, 4.69) is 6.08 Å². The topological polar surface area (TPSA) is 9.23 Å². The van der Waals surface area contributed by atoms with E-state index in [1.807, 2.05) is 18.2 Å². The number of hydrogen-bond donors (Lipinski definition) is 0. The second kappa shape index (κ2) is 5.41. The van der Waals surface area contributed by atoms with Gasteiger partial charge in [-0.15, -0.1) is 0 Å². The molecule has 0 atom stereocenters. The van der Waals surface area contributed by atoms with Gasteiger partial charge in [-0.1, -0.05) is 36.6 Å². The van der Waals surface area contributed by atoms with E-state index in [1.54, 1.807) is 0 Å². The zero-order chi connectivity index (χ0) is 10.5. The Morgan fingerprint density at radius 2 is 2.13 bits per heavy atom. The Morgan fingerprint density at radius 1 is 1.33 bits per heavy atom. The van der Waals surface area contributed by atoms with E-state index in [1.165, 1.54) is 25.7 Å². The predicted molar refractivity (Wildman–Crippen MR) is 63.7 cm³/mol. The Labute approximate surface area is 96.5 Å². The highest BCUT2D eigenvalue weighted by atomic mass is 35.5. The van der Waals surface area contributed by atoms with Crippen molar-refractivity contribution < 1.29 is 4.74 Å². The summed E-state index contributed by atoms with van der Waals surface area (Å²) in [6.07, 6.45) is 14.1. The third kappa shape index (κ3) is 3.42. The van der Waals surface area contributed by atoms with Crippen LogP contribution in [0.3, 0.4) is 0 Å². The monoisotopic (exact) mass is 224 g/mol. The predicted octanol–water partition coefficient (Wildman–Crippen LogP) is 4.16. The lowest BCUT2D eigenvalue weighted by atomic mass is 10.1. The number of ether oxygens (including phenoxy) is 1. The maximum absolute atomic E-state index is 5.96. The molecule has 0 saturated heterocycles. The molecule has 0 radical (unpaired) electrons. The van der Waals surface area contributed by atoms with Gasteiger partial charge in [0.1, 0.15) is 5.76 Å². The van der Waals surface area contributed by atoms with Crippen LogP contribution < -0.4 is 0 Å². The molecule has 0 heterocycles. The van der Waals surface area contributed by atoms with Gasteiger partial charge in [0.2, 0.25) is 0 Å². The Morgan fingerprint density at radius 3 is 2.93 bits per heavy atom. The molecule has 2 heteroatoms. The number of allylic oxidation sites excluding steroid dienone is 5. The van der Waals surface area contributed by atoms with E-state index in [9.17, 15) is 0 Å². The molecule has 15 heavy (non-hydrogen) atoms. The Kier molecular flexibility index (Phi) is 3.90. The summed E-state index contributed by atoms with van der Waals surface area (Å²) in [5, 5.41) is 0.755. The van der Waals surface area contributed by atoms with Crippen LogP contribution in [0.4, 0.5) is 0 Å². The molecule has 0 aliphatic heterocycles. The maximum atomic E-state index is 5.96. The van der Waals surface area contributed by atoms with E-state index in [4.69, 9.17) is 16.3 Å². The van der Waals surface area contributed by atoms with Crippen molar-refractivity contribution in [2.24, 2.45) is 5.92 Å². The summed E-state index contributed by atoms with van der Waals surface area (Å²) < 4.78 is 5.80. The Hall–Kier alpha value is -0.690. The van der Waals surface area contributed by atoms with E-state index in [-0.39, 0.29) is 0 Å². The minimum atomic E-state index is 0.755. The second-order valence-electron chi connectivity index (χ2n) is 4.26. The fourth-order valence-corrected chi connectivity index (χ4v) is 2.30. The Bertz CT molecular complexity index is 296. The van der Waals surface area contributed by atoms with Crippen LogP contribution in [-0.2, 0) is 4.74 Å². The molecular formula is C13H17ClO. The van der Waals surface area contributed by atoms with Gasteiger partial charge in [-0.2, -0.15) is 0 Å². The molecule has 0 aromatic carbocycles. The molecular weight excluding hydrogens is 208 g/mol. The van der Waals surface area contributed by atoms with Gasteiger partial charge in [0, 0.05) is 11.5 Å². The van der Waals surface area contributed by atoms with Crippen LogP contribution in [0.25, 0.3) is 0 Å². The van der Waals surface area contributed by atoms with E-state index in [0.29, 0.717) is 0 Å². The zero-order valence-electron chi connectivity index (χ0n) is 8.92. The minimum Gasteiger partial charge on any atom is -0.497 e. The molecule has 2 aliphatic rings. The first-order valence-electron chi connectivity index (χ1n) is 5.70. The smallest absolute Gasteiger partial charge is 0.101 e. The molecule has 82 valence electrons. The lowest BCUT2D eigenvalue weighted by Gasteiger charge is -2.12. The molecule has 2 rings (SSSR count). The zero-order valence-corrected chi connectivity index (χ0v) is 9.67. The largest absolute Gasteiger partial charge is 0.497 e.